The van der Waals surface area contributed by atoms with Gasteiger partial charge in [-0.1, -0.05) is 24.3 Å². The third-order valence-electron chi connectivity index (χ3n) is 3.02. The molecule has 22 heavy (non-hydrogen) atoms. The quantitative estimate of drug-likeness (QED) is 0.678. The van der Waals surface area contributed by atoms with Crippen LogP contribution in [-0.2, 0) is 4.79 Å². The lowest BCUT2D eigenvalue weighted by molar-refractivity contribution is -0.386. The van der Waals surface area contributed by atoms with Crippen LogP contribution in [0.2, 0.25) is 0 Å². The van der Waals surface area contributed by atoms with Gasteiger partial charge in [0.15, 0.2) is 11.9 Å². The highest BCUT2D eigenvalue weighted by molar-refractivity contribution is 5.94. The molecule has 0 unspecified atom stereocenters. The molecule has 0 spiro atoms. The minimum absolute atomic E-state index is 0.0689. The summed E-state index contributed by atoms with van der Waals surface area (Å²) in [5.74, 6) is -0.303. The number of anilines is 1. The second-order valence-electron chi connectivity index (χ2n) is 4.84. The largest absolute Gasteiger partial charge is 0.474 e. The minimum Gasteiger partial charge on any atom is -0.474 e. The molecule has 1 amide bonds. The molecule has 0 heterocycles. The van der Waals surface area contributed by atoms with E-state index in [1.807, 2.05) is 25.1 Å². The predicted molar refractivity (Wildman–Crippen MR) is 83.0 cm³/mol. The summed E-state index contributed by atoms with van der Waals surface area (Å²) in [5.41, 5.74) is 1.51. The summed E-state index contributed by atoms with van der Waals surface area (Å²) < 4.78 is 5.42. The Labute approximate surface area is 127 Å². The molecule has 0 saturated carbocycles. The van der Waals surface area contributed by atoms with Crippen molar-refractivity contribution >= 4 is 17.3 Å². The summed E-state index contributed by atoms with van der Waals surface area (Å²) in [6.07, 6.45) is -0.860. The molecule has 1 N–H and O–H groups in total. The van der Waals surface area contributed by atoms with Gasteiger partial charge in [0.2, 0.25) is 0 Å². The number of nitrogens with zero attached hydrogens (tertiary/aromatic N) is 1. The van der Waals surface area contributed by atoms with Gasteiger partial charge in [0.1, 0.15) is 0 Å². The van der Waals surface area contributed by atoms with Crippen molar-refractivity contribution in [2.75, 3.05) is 5.32 Å². The zero-order valence-electron chi connectivity index (χ0n) is 12.3. The van der Waals surface area contributed by atoms with Crippen molar-refractivity contribution in [3.63, 3.8) is 0 Å². The third-order valence-corrected chi connectivity index (χ3v) is 3.02. The van der Waals surface area contributed by atoms with Gasteiger partial charge in [-0.15, -0.1) is 0 Å². The molecule has 2 aromatic carbocycles. The molecule has 0 saturated heterocycles. The van der Waals surface area contributed by atoms with E-state index in [-0.39, 0.29) is 17.3 Å². The Hall–Kier alpha value is -2.89. The van der Waals surface area contributed by atoms with E-state index in [9.17, 15) is 14.9 Å². The fourth-order valence-electron chi connectivity index (χ4n) is 1.92. The number of nitro benzene ring substituents is 1. The van der Waals surface area contributed by atoms with E-state index in [1.54, 1.807) is 25.1 Å². The summed E-state index contributed by atoms with van der Waals surface area (Å²) in [5, 5.41) is 13.6. The topological polar surface area (TPSA) is 81.5 Å². The highest BCUT2D eigenvalue weighted by Crippen LogP contribution is 2.27. The van der Waals surface area contributed by atoms with Crippen molar-refractivity contribution in [1.82, 2.24) is 0 Å². The number of carbonyl (C=O) groups excluding carboxylic acids is 1. The second kappa shape index (κ2) is 6.71. The normalized spacial score (nSPS) is 11.5. The molecule has 0 aliphatic carbocycles. The van der Waals surface area contributed by atoms with Crippen LogP contribution in [-0.4, -0.2) is 16.9 Å². The Morgan fingerprint density at radius 2 is 1.95 bits per heavy atom. The Morgan fingerprint density at radius 1 is 1.23 bits per heavy atom. The van der Waals surface area contributed by atoms with Crippen LogP contribution < -0.4 is 10.1 Å². The van der Waals surface area contributed by atoms with Gasteiger partial charge in [0.25, 0.3) is 5.91 Å². The standard InChI is InChI=1S/C16H16N2O4/c1-11-6-5-7-13(10-11)17-16(19)12(2)22-15-9-4-3-8-14(15)18(20)21/h3-10,12H,1-2H3,(H,17,19)/t12-/m0/s1. The molecule has 0 aliphatic heterocycles. The van der Waals surface area contributed by atoms with E-state index < -0.39 is 11.0 Å². The van der Waals surface area contributed by atoms with Crippen molar-refractivity contribution in [2.45, 2.75) is 20.0 Å². The van der Waals surface area contributed by atoms with Crippen molar-refractivity contribution in [2.24, 2.45) is 0 Å². The molecule has 0 fully saturated rings. The first-order valence-corrected chi connectivity index (χ1v) is 6.75. The van der Waals surface area contributed by atoms with E-state index >= 15 is 0 Å². The van der Waals surface area contributed by atoms with Crippen LogP contribution in [0, 0.1) is 17.0 Å². The van der Waals surface area contributed by atoms with Gasteiger partial charge in [0.05, 0.1) is 4.92 Å². The van der Waals surface area contributed by atoms with Crippen LogP contribution in [0.15, 0.2) is 48.5 Å². The fourth-order valence-corrected chi connectivity index (χ4v) is 1.92. The number of para-hydroxylation sites is 2. The predicted octanol–water partition coefficient (Wildman–Crippen LogP) is 3.31. The highest BCUT2D eigenvalue weighted by Gasteiger charge is 2.20. The zero-order chi connectivity index (χ0) is 16.1. The summed E-state index contributed by atoms with van der Waals surface area (Å²) in [4.78, 5) is 22.5. The number of nitrogens with one attached hydrogen (secondary N) is 1. The van der Waals surface area contributed by atoms with Crippen LogP contribution in [0.25, 0.3) is 0 Å². The maximum Gasteiger partial charge on any atom is 0.310 e. The molecule has 6 nitrogen and oxygen atoms in total. The Kier molecular flexibility index (Phi) is 4.73. The Morgan fingerprint density at radius 3 is 2.64 bits per heavy atom. The fraction of sp³-hybridized carbons (Fsp3) is 0.188. The minimum atomic E-state index is -0.860. The number of benzene rings is 2. The lowest BCUT2D eigenvalue weighted by Gasteiger charge is -2.14. The van der Waals surface area contributed by atoms with Crippen LogP contribution in [0.5, 0.6) is 5.75 Å². The number of hydrogen-bond acceptors (Lipinski definition) is 4. The van der Waals surface area contributed by atoms with Crippen LogP contribution in [0.4, 0.5) is 11.4 Å². The molecular weight excluding hydrogens is 284 g/mol. The number of aryl methyl sites for hydroxylation is 1. The summed E-state index contributed by atoms with van der Waals surface area (Å²) in [7, 11) is 0. The van der Waals surface area contributed by atoms with Gasteiger partial charge in [0, 0.05) is 11.8 Å². The summed E-state index contributed by atoms with van der Waals surface area (Å²) >= 11 is 0. The Bertz CT molecular complexity index is 700. The smallest absolute Gasteiger partial charge is 0.310 e. The SMILES string of the molecule is Cc1cccc(NC(=O)[C@H](C)Oc2ccccc2[N+](=O)[O-])c1. The molecule has 6 heteroatoms. The van der Waals surface area contributed by atoms with E-state index in [4.69, 9.17) is 4.74 Å². The van der Waals surface area contributed by atoms with Crippen molar-refractivity contribution in [3.05, 3.63) is 64.2 Å². The maximum absolute atomic E-state index is 12.1. The lowest BCUT2D eigenvalue weighted by atomic mass is 10.2. The maximum atomic E-state index is 12.1. The molecule has 2 aromatic rings. The molecular formula is C16H16N2O4. The molecule has 114 valence electrons. The number of ether oxygens (including phenoxy) is 1. The molecule has 0 bridgehead atoms. The first kappa shape index (κ1) is 15.5. The average Bonchev–Trinajstić information content (AvgIpc) is 2.47. The lowest BCUT2D eigenvalue weighted by Crippen LogP contribution is -2.30. The third kappa shape index (κ3) is 3.82. The van der Waals surface area contributed by atoms with Gasteiger partial charge in [-0.05, 0) is 37.6 Å². The Balaban J connectivity index is 2.07. The number of carbonyl (C=O) groups is 1. The van der Waals surface area contributed by atoms with Crippen molar-refractivity contribution in [3.8, 4) is 5.75 Å². The van der Waals surface area contributed by atoms with Crippen molar-refractivity contribution < 1.29 is 14.5 Å². The molecule has 0 aliphatic rings. The van der Waals surface area contributed by atoms with Gasteiger partial charge >= 0.3 is 5.69 Å². The zero-order valence-corrected chi connectivity index (χ0v) is 12.3. The second-order valence-corrected chi connectivity index (χ2v) is 4.84. The highest BCUT2D eigenvalue weighted by atomic mass is 16.6. The van der Waals surface area contributed by atoms with E-state index in [0.29, 0.717) is 5.69 Å². The van der Waals surface area contributed by atoms with Crippen LogP contribution in [0.3, 0.4) is 0 Å². The van der Waals surface area contributed by atoms with Gasteiger partial charge in [-0.25, -0.2) is 0 Å². The van der Waals surface area contributed by atoms with Gasteiger partial charge in [-0.2, -0.15) is 0 Å². The van der Waals surface area contributed by atoms with E-state index in [2.05, 4.69) is 5.32 Å². The van der Waals surface area contributed by atoms with E-state index in [1.165, 1.54) is 12.1 Å². The molecule has 1 atom stereocenters. The van der Waals surface area contributed by atoms with Crippen LogP contribution >= 0.6 is 0 Å². The number of hydrogen-bond donors (Lipinski definition) is 1. The molecule has 0 radical (unpaired) electrons. The summed E-state index contributed by atoms with van der Waals surface area (Å²) in [6.45, 7) is 3.46. The monoisotopic (exact) mass is 300 g/mol. The van der Waals surface area contributed by atoms with E-state index in [0.717, 1.165) is 5.56 Å². The number of nitro groups is 1. The molecule has 2 rings (SSSR count). The first-order valence-electron chi connectivity index (χ1n) is 6.75. The number of amides is 1. The van der Waals surface area contributed by atoms with Crippen molar-refractivity contribution in [1.29, 1.82) is 0 Å². The molecule has 0 aromatic heterocycles. The number of rotatable bonds is 5. The first-order chi connectivity index (χ1) is 10.5. The van der Waals surface area contributed by atoms with Crippen LogP contribution in [0.1, 0.15) is 12.5 Å². The van der Waals surface area contributed by atoms with Gasteiger partial charge < -0.3 is 10.1 Å². The van der Waals surface area contributed by atoms with Gasteiger partial charge in [-0.3, -0.25) is 14.9 Å². The average molecular weight is 300 g/mol. The summed E-state index contributed by atoms with van der Waals surface area (Å²) in [6, 6.07) is 13.3.